The van der Waals surface area contributed by atoms with Gasteiger partial charge in [-0.2, -0.15) is 0 Å². The molecule has 1 amide bonds. The van der Waals surface area contributed by atoms with E-state index in [4.69, 9.17) is 0 Å². The van der Waals surface area contributed by atoms with Crippen molar-refractivity contribution in [1.82, 2.24) is 4.98 Å². The van der Waals surface area contributed by atoms with Crippen molar-refractivity contribution < 1.29 is 17.6 Å². The Morgan fingerprint density at radius 1 is 0.917 bits per heavy atom. The number of anilines is 2. The molecule has 0 spiro atoms. The molecule has 0 bridgehead atoms. The Balaban J connectivity index is 1.42. The fourth-order valence-electron chi connectivity index (χ4n) is 3.64. The summed E-state index contributed by atoms with van der Waals surface area (Å²) in [6.45, 7) is -0.0712. The van der Waals surface area contributed by atoms with Gasteiger partial charge in [0, 0.05) is 28.1 Å². The van der Waals surface area contributed by atoms with Gasteiger partial charge >= 0.3 is 0 Å². The summed E-state index contributed by atoms with van der Waals surface area (Å²) in [4.78, 5) is 16.7. The Hall–Kier alpha value is -3.56. The number of hydrogen-bond donors (Lipinski definition) is 1. The summed E-state index contributed by atoms with van der Waals surface area (Å²) in [6, 6.07) is 22.3. The van der Waals surface area contributed by atoms with E-state index < -0.39 is 15.8 Å². The van der Waals surface area contributed by atoms with Gasteiger partial charge in [0.05, 0.1) is 18.5 Å². The standard InChI is InChI=1S/C27H23BrFN3O3S/c1-36(34,35)32(26-11-8-23(28)17-25(26)29)18-21-2-6-22(7-3-21)27(33)31-24-9-4-19(5-10-24)16-20-12-14-30-15-13-20/h2-15,17H,16,18H2,1H3,(H,31,33). The van der Waals surface area contributed by atoms with E-state index in [0.717, 1.165) is 28.1 Å². The van der Waals surface area contributed by atoms with E-state index >= 15 is 0 Å². The van der Waals surface area contributed by atoms with E-state index in [1.165, 1.54) is 12.1 Å². The van der Waals surface area contributed by atoms with E-state index in [1.54, 1.807) is 42.7 Å². The first kappa shape index (κ1) is 25.5. The van der Waals surface area contributed by atoms with Crippen LogP contribution in [-0.2, 0) is 23.0 Å². The van der Waals surface area contributed by atoms with E-state index in [2.05, 4.69) is 26.2 Å². The molecule has 0 aliphatic rings. The molecule has 0 fully saturated rings. The third-order valence-corrected chi connectivity index (χ3v) is 7.11. The van der Waals surface area contributed by atoms with Crippen LogP contribution in [0.3, 0.4) is 0 Å². The molecule has 6 nitrogen and oxygen atoms in total. The maximum Gasteiger partial charge on any atom is 0.255 e. The van der Waals surface area contributed by atoms with E-state index in [-0.39, 0.29) is 18.1 Å². The number of amides is 1. The fraction of sp³-hybridized carbons (Fsp3) is 0.111. The predicted molar refractivity (Wildman–Crippen MR) is 143 cm³/mol. The minimum atomic E-state index is -3.75. The second kappa shape index (κ2) is 11.0. The molecule has 36 heavy (non-hydrogen) atoms. The van der Waals surface area contributed by atoms with Gasteiger partial charge in [-0.3, -0.25) is 14.1 Å². The van der Waals surface area contributed by atoms with Crippen molar-refractivity contribution >= 4 is 43.2 Å². The van der Waals surface area contributed by atoms with Crippen LogP contribution in [0.15, 0.2) is 95.7 Å². The van der Waals surface area contributed by atoms with Crippen molar-refractivity contribution in [3.63, 3.8) is 0 Å². The Labute approximate surface area is 218 Å². The van der Waals surface area contributed by atoms with Crippen LogP contribution >= 0.6 is 15.9 Å². The highest BCUT2D eigenvalue weighted by Crippen LogP contribution is 2.27. The summed E-state index contributed by atoms with van der Waals surface area (Å²) >= 11 is 3.18. The largest absolute Gasteiger partial charge is 0.322 e. The number of nitrogens with one attached hydrogen (secondary N) is 1. The quantitative estimate of drug-likeness (QED) is 0.292. The van der Waals surface area contributed by atoms with Gasteiger partial charge in [-0.25, -0.2) is 12.8 Å². The summed E-state index contributed by atoms with van der Waals surface area (Å²) in [5, 5.41) is 2.86. The molecule has 1 heterocycles. The molecular weight excluding hydrogens is 545 g/mol. The zero-order chi connectivity index (χ0) is 25.7. The Kier molecular flexibility index (Phi) is 7.81. The number of pyridine rings is 1. The fourth-order valence-corrected chi connectivity index (χ4v) is 4.86. The SMILES string of the molecule is CS(=O)(=O)N(Cc1ccc(C(=O)Nc2ccc(Cc3ccncc3)cc2)cc1)c1ccc(Br)cc1F. The summed E-state index contributed by atoms with van der Waals surface area (Å²) < 4.78 is 40.7. The molecular formula is C27H23BrFN3O3S. The molecule has 0 saturated carbocycles. The molecule has 3 aromatic carbocycles. The van der Waals surface area contributed by atoms with Gasteiger partial charge in [-0.05, 0) is 77.7 Å². The normalized spacial score (nSPS) is 11.2. The molecule has 0 atom stereocenters. The van der Waals surface area contributed by atoms with Crippen LogP contribution in [0.2, 0.25) is 0 Å². The lowest BCUT2D eigenvalue weighted by Crippen LogP contribution is -2.30. The lowest BCUT2D eigenvalue weighted by molar-refractivity contribution is 0.102. The van der Waals surface area contributed by atoms with Crippen molar-refractivity contribution in [2.24, 2.45) is 0 Å². The predicted octanol–water partition coefficient (Wildman–Crippen LogP) is 5.79. The van der Waals surface area contributed by atoms with Crippen LogP contribution in [0.25, 0.3) is 0 Å². The van der Waals surface area contributed by atoms with Gasteiger partial charge in [0.15, 0.2) is 0 Å². The van der Waals surface area contributed by atoms with Crippen molar-refractivity contribution in [2.45, 2.75) is 13.0 Å². The molecule has 4 rings (SSSR count). The van der Waals surface area contributed by atoms with E-state index in [0.29, 0.717) is 21.3 Å². The molecule has 0 saturated heterocycles. The molecule has 1 N–H and O–H groups in total. The summed E-state index contributed by atoms with van der Waals surface area (Å²) in [5.74, 6) is -0.944. The lowest BCUT2D eigenvalue weighted by Gasteiger charge is -2.23. The van der Waals surface area contributed by atoms with Crippen LogP contribution in [0.5, 0.6) is 0 Å². The van der Waals surface area contributed by atoms with Gasteiger partial charge in [-0.15, -0.1) is 0 Å². The van der Waals surface area contributed by atoms with Crippen LogP contribution < -0.4 is 9.62 Å². The summed E-state index contributed by atoms with van der Waals surface area (Å²) in [7, 11) is -3.75. The molecule has 0 radical (unpaired) electrons. The zero-order valence-electron chi connectivity index (χ0n) is 19.4. The van der Waals surface area contributed by atoms with Crippen LogP contribution in [0.4, 0.5) is 15.8 Å². The second-order valence-electron chi connectivity index (χ2n) is 8.25. The molecule has 0 unspecified atom stereocenters. The van der Waals surface area contributed by atoms with Crippen LogP contribution in [-0.4, -0.2) is 25.6 Å². The summed E-state index contributed by atoms with van der Waals surface area (Å²) in [5.41, 5.74) is 3.91. The molecule has 4 aromatic rings. The van der Waals surface area contributed by atoms with Crippen molar-refractivity contribution in [3.05, 3.63) is 124 Å². The van der Waals surface area contributed by atoms with Crippen LogP contribution in [0.1, 0.15) is 27.0 Å². The lowest BCUT2D eigenvalue weighted by atomic mass is 10.1. The van der Waals surface area contributed by atoms with Gasteiger partial charge in [0.2, 0.25) is 10.0 Å². The van der Waals surface area contributed by atoms with Gasteiger partial charge in [0.25, 0.3) is 5.91 Å². The Morgan fingerprint density at radius 2 is 1.53 bits per heavy atom. The average molecular weight is 568 g/mol. The van der Waals surface area contributed by atoms with Crippen molar-refractivity contribution in [2.75, 3.05) is 15.9 Å². The van der Waals surface area contributed by atoms with Gasteiger partial charge in [-0.1, -0.05) is 40.2 Å². The molecule has 0 aliphatic heterocycles. The smallest absolute Gasteiger partial charge is 0.255 e. The number of halogens is 2. The number of carbonyl (C=O) groups is 1. The molecule has 184 valence electrons. The first-order chi connectivity index (χ1) is 17.2. The minimum absolute atomic E-state index is 0.0464. The van der Waals surface area contributed by atoms with Gasteiger partial charge < -0.3 is 5.32 Å². The maximum absolute atomic E-state index is 14.5. The van der Waals surface area contributed by atoms with Crippen molar-refractivity contribution in [3.8, 4) is 0 Å². The molecule has 1 aromatic heterocycles. The number of nitrogens with zero attached hydrogens (tertiary/aromatic N) is 2. The number of sulfonamides is 1. The number of carbonyl (C=O) groups excluding carboxylic acids is 1. The van der Waals surface area contributed by atoms with Crippen molar-refractivity contribution in [1.29, 1.82) is 0 Å². The Bertz CT molecular complexity index is 1460. The monoisotopic (exact) mass is 567 g/mol. The third-order valence-electron chi connectivity index (χ3n) is 5.49. The number of aromatic nitrogens is 1. The first-order valence-electron chi connectivity index (χ1n) is 11.0. The minimum Gasteiger partial charge on any atom is -0.322 e. The van der Waals surface area contributed by atoms with E-state index in [9.17, 15) is 17.6 Å². The molecule has 9 heteroatoms. The number of rotatable bonds is 8. The zero-order valence-corrected chi connectivity index (χ0v) is 21.8. The topological polar surface area (TPSA) is 79.4 Å². The third kappa shape index (κ3) is 6.56. The maximum atomic E-state index is 14.5. The highest BCUT2D eigenvalue weighted by molar-refractivity contribution is 9.10. The highest BCUT2D eigenvalue weighted by Gasteiger charge is 2.21. The number of benzene rings is 3. The second-order valence-corrected chi connectivity index (χ2v) is 11.1. The van der Waals surface area contributed by atoms with E-state index in [1.807, 2.05) is 36.4 Å². The summed E-state index contributed by atoms with van der Waals surface area (Å²) in [6.07, 6.45) is 5.31. The highest BCUT2D eigenvalue weighted by atomic mass is 79.9. The van der Waals surface area contributed by atoms with Gasteiger partial charge in [0.1, 0.15) is 5.82 Å². The number of hydrogen-bond acceptors (Lipinski definition) is 4. The Morgan fingerprint density at radius 3 is 2.14 bits per heavy atom. The first-order valence-corrected chi connectivity index (χ1v) is 13.6. The van der Waals surface area contributed by atoms with Crippen LogP contribution in [0, 0.1) is 5.82 Å². The molecule has 0 aliphatic carbocycles. The average Bonchev–Trinajstić information content (AvgIpc) is 2.84.